The summed E-state index contributed by atoms with van der Waals surface area (Å²) in [4.78, 5) is 24.8. The monoisotopic (exact) mass is 258 g/mol. The molecule has 0 aromatic rings. The molecule has 0 aromatic heterocycles. The first-order chi connectivity index (χ1) is 8.15. The van der Waals surface area contributed by atoms with Gasteiger partial charge in [0.05, 0.1) is 5.37 Å². The van der Waals surface area contributed by atoms with E-state index in [2.05, 4.69) is 5.32 Å². The number of nitrogens with one attached hydrogen (secondary N) is 1. The summed E-state index contributed by atoms with van der Waals surface area (Å²) < 4.78 is 0. The van der Waals surface area contributed by atoms with Crippen LogP contribution in [-0.2, 0) is 9.59 Å². The molecule has 2 fully saturated rings. The van der Waals surface area contributed by atoms with E-state index in [0.29, 0.717) is 24.6 Å². The summed E-state index contributed by atoms with van der Waals surface area (Å²) in [5.74, 6) is 0.136. The fourth-order valence-electron chi connectivity index (χ4n) is 2.14. The summed E-state index contributed by atoms with van der Waals surface area (Å²) in [6.07, 6.45) is 2.63. The molecule has 1 heterocycles. The second-order valence-corrected chi connectivity index (χ2v) is 5.72. The molecule has 96 valence electrons. The number of carbonyl (C=O) groups excluding carboxylic acids is 1. The Morgan fingerprint density at radius 2 is 2.18 bits per heavy atom. The molecule has 6 heteroatoms. The minimum absolute atomic E-state index is 0.0337. The van der Waals surface area contributed by atoms with Crippen molar-refractivity contribution < 1.29 is 14.7 Å². The topological polar surface area (TPSA) is 69.6 Å². The molecule has 2 unspecified atom stereocenters. The molecule has 5 nitrogen and oxygen atoms in total. The van der Waals surface area contributed by atoms with Crippen LogP contribution < -0.4 is 5.32 Å². The zero-order valence-corrected chi connectivity index (χ0v) is 10.7. The van der Waals surface area contributed by atoms with Gasteiger partial charge in [-0.25, -0.2) is 4.79 Å². The Morgan fingerprint density at radius 3 is 2.71 bits per heavy atom. The number of hydrogen-bond donors (Lipinski definition) is 2. The fourth-order valence-corrected chi connectivity index (χ4v) is 3.79. The van der Waals surface area contributed by atoms with Gasteiger partial charge in [0.25, 0.3) is 0 Å². The molecule has 1 saturated carbocycles. The van der Waals surface area contributed by atoms with Gasteiger partial charge in [0, 0.05) is 18.7 Å². The molecule has 1 aliphatic carbocycles. The number of carboxylic acid groups (broad SMARTS) is 1. The number of carbonyl (C=O) groups is 2. The van der Waals surface area contributed by atoms with E-state index in [0.717, 1.165) is 12.8 Å². The van der Waals surface area contributed by atoms with Crippen molar-refractivity contribution in [2.24, 2.45) is 5.92 Å². The summed E-state index contributed by atoms with van der Waals surface area (Å²) in [6.45, 7) is 0.601. The maximum absolute atomic E-state index is 12.1. The first-order valence-corrected chi connectivity index (χ1v) is 7.00. The Hall–Kier alpha value is -0.750. The third-order valence-corrected chi connectivity index (χ3v) is 4.68. The minimum atomic E-state index is -0.876. The van der Waals surface area contributed by atoms with E-state index in [-0.39, 0.29) is 11.3 Å². The van der Waals surface area contributed by atoms with Crippen molar-refractivity contribution in [2.75, 3.05) is 19.3 Å². The van der Waals surface area contributed by atoms with Crippen LogP contribution in [-0.4, -0.2) is 52.6 Å². The lowest BCUT2D eigenvalue weighted by molar-refractivity contribution is -0.149. The van der Waals surface area contributed by atoms with Crippen LogP contribution in [0.5, 0.6) is 0 Å². The van der Waals surface area contributed by atoms with E-state index in [1.807, 2.05) is 0 Å². The van der Waals surface area contributed by atoms with E-state index in [1.165, 1.54) is 0 Å². The van der Waals surface area contributed by atoms with Crippen LogP contribution in [0.1, 0.15) is 19.3 Å². The molecule has 2 aliphatic rings. The standard InChI is InChI=1S/C11H18N2O3S/c1-12-5-4-9(14)13-8(11(15)16)6-17-10(13)7-2-3-7/h7-8,10,12H,2-6H2,1H3,(H,15,16). The zero-order chi connectivity index (χ0) is 12.4. The highest BCUT2D eigenvalue weighted by Gasteiger charge is 2.47. The number of hydrogen-bond acceptors (Lipinski definition) is 4. The Morgan fingerprint density at radius 1 is 1.47 bits per heavy atom. The van der Waals surface area contributed by atoms with Crippen molar-refractivity contribution in [3.8, 4) is 0 Å². The van der Waals surface area contributed by atoms with Crippen LogP contribution in [0.4, 0.5) is 0 Å². The number of nitrogens with zero attached hydrogens (tertiary/aromatic N) is 1. The van der Waals surface area contributed by atoms with Gasteiger partial charge < -0.3 is 15.3 Å². The van der Waals surface area contributed by atoms with Crippen LogP contribution in [0, 0.1) is 5.92 Å². The van der Waals surface area contributed by atoms with Gasteiger partial charge in [0.1, 0.15) is 6.04 Å². The average Bonchev–Trinajstić information content (AvgIpc) is 3.04. The molecule has 1 saturated heterocycles. The van der Waals surface area contributed by atoms with Crippen molar-refractivity contribution in [2.45, 2.75) is 30.7 Å². The van der Waals surface area contributed by atoms with Gasteiger partial charge in [0.15, 0.2) is 0 Å². The van der Waals surface area contributed by atoms with Crippen molar-refractivity contribution in [1.29, 1.82) is 0 Å². The first-order valence-electron chi connectivity index (χ1n) is 5.95. The average molecular weight is 258 g/mol. The molecular formula is C11H18N2O3S. The molecule has 1 amide bonds. The highest BCUT2D eigenvalue weighted by molar-refractivity contribution is 8.00. The molecule has 0 bridgehead atoms. The quantitative estimate of drug-likeness (QED) is 0.745. The summed E-state index contributed by atoms with van der Waals surface area (Å²) in [6, 6.07) is -0.630. The molecular weight excluding hydrogens is 240 g/mol. The molecule has 1 aliphatic heterocycles. The maximum atomic E-state index is 12.1. The van der Waals surface area contributed by atoms with Gasteiger partial charge in [-0.2, -0.15) is 0 Å². The van der Waals surface area contributed by atoms with Gasteiger partial charge in [-0.15, -0.1) is 11.8 Å². The highest BCUT2D eigenvalue weighted by Crippen LogP contribution is 2.45. The predicted molar refractivity (Wildman–Crippen MR) is 65.8 cm³/mol. The third-order valence-electron chi connectivity index (χ3n) is 3.22. The minimum Gasteiger partial charge on any atom is -0.480 e. The lowest BCUT2D eigenvalue weighted by atomic mass is 10.2. The van der Waals surface area contributed by atoms with Crippen LogP contribution in [0.15, 0.2) is 0 Å². The maximum Gasteiger partial charge on any atom is 0.327 e. The largest absolute Gasteiger partial charge is 0.480 e. The summed E-state index contributed by atoms with van der Waals surface area (Å²) in [7, 11) is 1.79. The first kappa shape index (κ1) is 12.7. The molecule has 0 radical (unpaired) electrons. The lowest BCUT2D eigenvalue weighted by Gasteiger charge is -2.27. The van der Waals surface area contributed by atoms with Crippen LogP contribution >= 0.6 is 11.8 Å². The van der Waals surface area contributed by atoms with Crippen LogP contribution in [0.2, 0.25) is 0 Å². The van der Waals surface area contributed by atoms with Gasteiger partial charge in [0.2, 0.25) is 5.91 Å². The Kier molecular flexibility index (Phi) is 3.93. The van der Waals surface area contributed by atoms with Crippen LogP contribution in [0.25, 0.3) is 0 Å². The molecule has 2 N–H and O–H groups in total. The number of amides is 1. The number of rotatable bonds is 5. The SMILES string of the molecule is CNCCC(=O)N1C(C(=O)O)CSC1C1CC1. The zero-order valence-electron chi connectivity index (χ0n) is 9.89. The van der Waals surface area contributed by atoms with Crippen molar-refractivity contribution >= 4 is 23.6 Å². The van der Waals surface area contributed by atoms with Gasteiger partial charge >= 0.3 is 5.97 Å². The highest BCUT2D eigenvalue weighted by atomic mass is 32.2. The van der Waals surface area contributed by atoms with E-state index >= 15 is 0 Å². The normalized spacial score (nSPS) is 28.4. The molecule has 2 rings (SSSR count). The Bertz CT molecular complexity index is 320. The van der Waals surface area contributed by atoms with Crippen LogP contribution in [0.3, 0.4) is 0 Å². The second-order valence-electron chi connectivity index (χ2n) is 4.57. The van der Waals surface area contributed by atoms with E-state index in [4.69, 9.17) is 5.11 Å². The predicted octanol–water partition coefficient (Wildman–Crippen LogP) is 0.361. The second kappa shape index (κ2) is 5.27. The number of aliphatic carboxylic acids is 1. The van der Waals surface area contributed by atoms with Gasteiger partial charge in [-0.1, -0.05) is 0 Å². The van der Waals surface area contributed by atoms with Gasteiger partial charge in [-0.05, 0) is 25.8 Å². The lowest BCUT2D eigenvalue weighted by Crippen LogP contribution is -2.46. The van der Waals surface area contributed by atoms with E-state index < -0.39 is 12.0 Å². The fraction of sp³-hybridized carbons (Fsp3) is 0.818. The van der Waals surface area contributed by atoms with Crippen molar-refractivity contribution in [3.63, 3.8) is 0 Å². The molecule has 17 heavy (non-hydrogen) atoms. The van der Waals surface area contributed by atoms with Gasteiger partial charge in [-0.3, -0.25) is 4.79 Å². The van der Waals surface area contributed by atoms with E-state index in [9.17, 15) is 9.59 Å². The third kappa shape index (κ3) is 2.74. The molecule has 0 aromatic carbocycles. The molecule has 2 atom stereocenters. The smallest absolute Gasteiger partial charge is 0.327 e. The van der Waals surface area contributed by atoms with Crippen molar-refractivity contribution in [1.82, 2.24) is 10.2 Å². The summed E-state index contributed by atoms with van der Waals surface area (Å²) >= 11 is 1.62. The van der Waals surface area contributed by atoms with Crippen molar-refractivity contribution in [3.05, 3.63) is 0 Å². The summed E-state index contributed by atoms with van der Waals surface area (Å²) in [5, 5.41) is 12.2. The molecule has 0 spiro atoms. The Balaban J connectivity index is 2.05. The number of thioether (sulfide) groups is 1. The number of carboxylic acids is 1. The van der Waals surface area contributed by atoms with E-state index in [1.54, 1.807) is 23.7 Å². The summed E-state index contributed by atoms with van der Waals surface area (Å²) in [5.41, 5.74) is 0. The Labute approximate surface area is 105 Å².